The van der Waals surface area contributed by atoms with Crippen LogP contribution in [-0.2, 0) is 0 Å². The van der Waals surface area contributed by atoms with Crippen molar-refractivity contribution in [2.75, 3.05) is 5.73 Å². The van der Waals surface area contributed by atoms with E-state index in [0.717, 1.165) is 5.39 Å². The van der Waals surface area contributed by atoms with E-state index in [2.05, 4.69) is 9.97 Å². The second kappa shape index (κ2) is 2.74. The summed E-state index contributed by atoms with van der Waals surface area (Å²) in [6, 6.07) is 3.05. The van der Waals surface area contributed by atoms with E-state index in [0.29, 0.717) is 11.2 Å². The lowest BCUT2D eigenvalue weighted by molar-refractivity contribution is 0.478. The van der Waals surface area contributed by atoms with Crippen LogP contribution < -0.4 is 5.73 Å². The Balaban J connectivity index is 2.81. The largest absolute Gasteiger partial charge is 0.506 e. The lowest BCUT2D eigenvalue weighted by Crippen LogP contribution is -1.88. The van der Waals surface area contributed by atoms with Crippen molar-refractivity contribution in [1.82, 2.24) is 9.97 Å². The van der Waals surface area contributed by atoms with Crippen molar-refractivity contribution in [2.24, 2.45) is 0 Å². The lowest BCUT2D eigenvalue weighted by Gasteiger charge is -2.01. The monoisotopic (exact) mass is 195 g/mol. The Bertz CT molecular complexity index is 472. The molecular formula is C8H6ClN3O. The van der Waals surface area contributed by atoms with Gasteiger partial charge >= 0.3 is 0 Å². The first-order chi connectivity index (χ1) is 6.16. The smallest absolute Gasteiger partial charge is 0.222 e. The Labute approximate surface area is 79.0 Å². The summed E-state index contributed by atoms with van der Waals surface area (Å²) in [5.74, 6) is 0.00210. The summed E-state index contributed by atoms with van der Waals surface area (Å²) in [5.41, 5.74) is 6.37. The van der Waals surface area contributed by atoms with Crippen molar-refractivity contribution < 1.29 is 5.11 Å². The second-order valence-corrected chi connectivity index (χ2v) is 2.95. The number of anilines is 1. The van der Waals surface area contributed by atoms with Gasteiger partial charge in [-0.25, -0.2) is 9.97 Å². The molecule has 0 unspecified atom stereocenters. The van der Waals surface area contributed by atoms with E-state index in [-0.39, 0.29) is 11.0 Å². The molecule has 2 aromatic rings. The molecule has 0 amide bonds. The summed E-state index contributed by atoms with van der Waals surface area (Å²) in [6.07, 6.45) is 1.56. The van der Waals surface area contributed by atoms with Gasteiger partial charge in [-0.3, -0.25) is 0 Å². The highest BCUT2D eigenvalue weighted by Crippen LogP contribution is 2.25. The fraction of sp³-hybridized carbons (Fsp3) is 0. The fourth-order valence-corrected chi connectivity index (χ4v) is 1.20. The van der Waals surface area contributed by atoms with Gasteiger partial charge in [0.25, 0.3) is 0 Å². The van der Waals surface area contributed by atoms with Gasteiger partial charge < -0.3 is 10.8 Å². The van der Waals surface area contributed by atoms with E-state index >= 15 is 0 Å². The summed E-state index contributed by atoms with van der Waals surface area (Å²) in [6.45, 7) is 0. The molecule has 1 aromatic heterocycles. The first-order valence-corrected chi connectivity index (χ1v) is 3.95. The van der Waals surface area contributed by atoms with Gasteiger partial charge in [0.15, 0.2) is 0 Å². The quantitative estimate of drug-likeness (QED) is 0.380. The maximum Gasteiger partial charge on any atom is 0.222 e. The molecule has 0 spiro atoms. The number of hydrogen-bond acceptors (Lipinski definition) is 4. The Hall–Kier alpha value is -1.55. The number of rotatable bonds is 0. The maximum atomic E-state index is 9.28. The topological polar surface area (TPSA) is 72.0 Å². The molecule has 0 atom stereocenters. The van der Waals surface area contributed by atoms with Crippen LogP contribution in [0.3, 0.4) is 0 Å². The SMILES string of the molecule is Nc1cc2cnc(Cl)nc2cc1O. The highest BCUT2D eigenvalue weighted by molar-refractivity contribution is 6.28. The van der Waals surface area contributed by atoms with Crippen LogP contribution in [0.25, 0.3) is 10.9 Å². The molecule has 4 nitrogen and oxygen atoms in total. The van der Waals surface area contributed by atoms with Gasteiger partial charge in [0, 0.05) is 17.6 Å². The van der Waals surface area contributed by atoms with Gasteiger partial charge in [-0.2, -0.15) is 0 Å². The zero-order valence-electron chi connectivity index (χ0n) is 6.53. The van der Waals surface area contributed by atoms with Crippen LogP contribution in [0, 0.1) is 0 Å². The standard InChI is InChI=1S/C8H6ClN3O/c9-8-11-3-4-1-5(10)7(13)2-6(4)12-8/h1-3,13H,10H2. The third-order valence-electron chi connectivity index (χ3n) is 1.70. The van der Waals surface area contributed by atoms with E-state index < -0.39 is 0 Å². The molecular weight excluding hydrogens is 190 g/mol. The molecule has 0 fully saturated rings. The van der Waals surface area contributed by atoms with Crippen LogP contribution >= 0.6 is 11.6 Å². The highest BCUT2D eigenvalue weighted by atomic mass is 35.5. The van der Waals surface area contributed by atoms with Gasteiger partial charge in [0.2, 0.25) is 5.28 Å². The van der Waals surface area contributed by atoms with Crippen LogP contribution in [0.15, 0.2) is 18.3 Å². The van der Waals surface area contributed by atoms with Crippen LogP contribution in [0.2, 0.25) is 5.28 Å². The normalized spacial score (nSPS) is 10.5. The van der Waals surface area contributed by atoms with Gasteiger partial charge in [-0.1, -0.05) is 0 Å². The third-order valence-corrected chi connectivity index (χ3v) is 1.88. The number of aromatic hydroxyl groups is 1. The molecule has 13 heavy (non-hydrogen) atoms. The van der Waals surface area contributed by atoms with Crippen molar-refractivity contribution in [3.8, 4) is 5.75 Å². The molecule has 0 bridgehead atoms. The Morgan fingerprint density at radius 3 is 2.92 bits per heavy atom. The van der Waals surface area contributed by atoms with Gasteiger partial charge in [-0.05, 0) is 17.7 Å². The first-order valence-electron chi connectivity index (χ1n) is 3.57. The van der Waals surface area contributed by atoms with E-state index in [1.165, 1.54) is 6.07 Å². The van der Waals surface area contributed by atoms with Crippen LogP contribution in [-0.4, -0.2) is 15.1 Å². The molecule has 5 heteroatoms. The number of aromatic nitrogens is 2. The minimum Gasteiger partial charge on any atom is -0.506 e. The number of phenolic OH excluding ortho intramolecular Hbond substituents is 1. The summed E-state index contributed by atoms with van der Waals surface area (Å²) in [7, 11) is 0. The molecule has 0 aliphatic heterocycles. The summed E-state index contributed by atoms with van der Waals surface area (Å²) >= 11 is 5.58. The van der Waals surface area contributed by atoms with Crippen LogP contribution in [0.1, 0.15) is 0 Å². The number of halogens is 1. The average molecular weight is 196 g/mol. The molecule has 0 saturated carbocycles. The van der Waals surface area contributed by atoms with E-state index in [1.54, 1.807) is 12.3 Å². The number of benzene rings is 1. The predicted octanol–water partition coefficient (Wildman–Crippen LogP) is 1.57. The van der Waals surface area contributed by atoms with Gasteiger partial charge in [0.1, 0.15) is 5.75 Å². The molecule has 66 valence electrons. The summed E-state index contributed by atoms with van der Waals surface area (Å²) < 4.78 is 0. The molecule has 1 heterocycles. The number of fused-ring (bicyclic) bond motifs is 1. The molecule has 1 aromatic carbocycles. The number of nitrogens with two attached hydrogens (primary N) is 1. The van der Waals surface area contributed by atoms with Crippen molar-refractivity contribution >= 4 is 28.2 Å². The minimum absolute atomic E-state index is 0.00210. The van der Waals surface area contributed by atoms with E-state index in [4.69, 9.17) is 17.3 Å². The summed E-state index contributed by atoms with van der Waals surface area (Å²) in [4.78, 5) is 7.71. The average Bonchev–Trinajstić information content (AvgIpc) is 2.08. The second-order valence-electron chi connectivity index (χ2n) is 2.61. The van der Waals surface area contributed by atoms with Crippen LogP contribution in [0.4, 0.5) is 5.69 Å². The molecule has 0 saturated heterocycles. The molecule has 0 radical (unpaired) electrons. The number of phenols is 1. The van der Waals surface area contributed by atoms with Crippen molar-refractivity contribution in [1.29, 1.82) is 0 Å². The first kappa shape index (κ1) is 8.07. The van der Waals surface area contributed by atoms with Gasteiger partial charge in [-0.15, -0.1) is 0 Å². The molecule has 0 aliphatic carbocycles. The van der Waals surface area contributed by atoms with Gasteiger partial charge in [0.05, 0.1) is 11.2 Å². The fourth-order valence-electron chi connectivity index (χ4n) is 1.06. The van der Waals surface area contributed by atoms with Crippen LogP contribution in [0.5, 0.6) is 5.75 Å². The van der Waals surface area contributed by atoms with Crippen molar-refractivity contribution in [3.63, 3.8) is 0 Å². The maximum absolute atomic E-state index is 9.28. The summed E-state index contributed by atoms with van der Waals surface area (Å²) in [5, 5.41) is 10.2. The highest BCUT2D eigenvalue weighted by Gasteiger charge is 2.02. The Morgan fingerprint density at radius 1 is 1.38 bits per heavy atom. The van der Waals surface area contributed by atoms with E-state index in [1.807, 2.05) is 0 Å². The zero-order chi connectivity index (χ0) is 9.42. The number of nitrogens with zero attached hydrogens (tertiary/aromatic N) is 2. The molecule has 0 aliphatic rings. The van der Waals surface area contributed by atoms with Crippen molar-refractivity contribution in [3.05, 3.63) is 23.6 Å². The Morgan fingerprint density at radius 2 is 2.15 bits per heavy atom. The van der Waals surface area contributed by atoms with E-state index in [9.17, 15) is 5.11 Å². The van der Waals surface area contributed by atoms with Crippen molar-refractivity contribution in [2.45, 2.75) is 0 Å². The third kappa shape index (κ3) is 1.36. The number of hydrogen-bond donors (Lipinski definition) is 2. The lowest BCUT2D eigenvalue weighted by atomic mass is 10.2. The minimum atomic E-state index is 0.00210. The Kier molecular flexibility index (Phi) is 1.70. The molecule has 3 N–H and O–H groups in total. The molecule has 2 rings (SSSR count). The number of nitrogen functional groups attached to an aromatic ring is 1. The predicted molar refractivity (Wildman–Crippen MR) is 50.6 cm³/mol. The zero-order valence-corrected chi connectivity index (χ0v) is 7.28.